The Morgan fingerprint density at radius 1 is 0.875 bits per heavy atom. The number of nitrogens with zero attached hydrogens (tertiary/aromatic N) is 5. The molecule has 2 N–H and O–H groups in total. The average Bonchev–Trinajstić information content (AvgIpc) is 2.80. The van der Waals surface area contributed by atoms with Crippen LogP contribution in [0.5, 0.6) is 0 Å². The SMILES string of the molecule is O=C1CCCc2cccc(c2)Cc2ccnc(c2)Nc2cc(nnn2)NN2CCC1CC2. The van der Waals surface area contributed by atoms with Crippen molar-refractivity contribution < 1.29 is 4.79 Å². The lowest BCUT2D eigenvalue weighted by Gasteiger charge is -2.31. The van der Waals surface area contributed by atoms with Crippen LogP contribution in [0.4, 0.5) is 17.5 Å². The molecule has 5 heterocycles. The van der Waals surface area contributed by atoms with E-state index < -0.39 is 0 Å². The molecule has 8 bridgehead atoms. The van der Waals surface area contributed by atoms with Crippen molar-refractivity contribution in [2.45, 2.75) is 38.5 Å². The van der Waals surface area contributed by atoms with Gasteiger partial charge in [0.1, 0.15) is 11.6 Å². The van der Waals surface area contributed by atoms with E-state index in [4.69, 9.17) is 0 Å². The second-order valence-corrected chi connectivity index (χ2v) is 8.57. The molecule has 3 aliphatic heterocycles. The highest BCUT2D eigenvalue weighted by molar-refractivity contribution is 5.81. The third-order valence-electron chi connectivity index (χ3n) is 6.17. The summed E-state index contributed by atoms with van der Waals surface area (Å²) in [4.78, 5) is 17.2. The minimum Gasteiger partial charge on any atom is -0.323 e. The van der Waals surface area contributed by atoms with Crippen molar-refractivity contribution in [1.29, 1.82) is 0 Å². The van der Waals surface area contributed by atoms with Gasteiger partial charge in [0, 0.05) is 37.7 Å². The molecule has 32 heavy (non-hydrogen) atoms. The van der Waals surface area contributed by atoms with Crippen molar-refractivity contribution in [2.24, 2.45) is 5.92 Å². The van der Waals surface area contributed by atoms with Gasteiger partial charge in [-0.25, -0.2) is 9.99 Å². The van der Waals surface area contributed by atoms with Gasteiger partial charge in [0.15, 0.2) is 11.6 Å². The summed E-state index contributed by atoms with van der Waals surface area (Å²) in [5.74, 6) is 2.47. The molecule has 0 aliphatic carbocycles. The van der Waals surface area contributed by atoms with Crippen LogP contribution in [0.15, 0.2) is 48.7 Å². The Morgan fingerprint density at radius 3 is 2.59 bits per heavy atom. The number of carbonyl (C=O) groups excluding carboxylic acids is 1. The van der Waals surface area contributed by atoms with Crippen molar-refractivity contribution in [1.82, 2.24) is 25.4 Å². The molecule has 1 fully saturated rings. The van der Waals surface area contributed by atoms with E-state index in [0.717, 1.165) is 56.6 Å². The first-order valence-corrected chi connectivity index (χ1v) is 11.3. The van der Waals surface area contributed by atoms with Gasteiger partial charge in [0.25, 0.3) is 0 Å². The molecule has 0 saturated carbocycles. The second-order valence-electron chi connectivity index (χ2n) is 8.57. The van der Waals surface area contributed by atoms with Gasteiger partial charge in [-0.15, -0.1) is 10.2 Å². The van der Waals surface area contributed by atoms with E-state index in [1.807, 2.05) is 18.2 Å². The first-order valence-electron chi connectivity index (χ1n) is 11.3. The zero-order valence-corrected chi connectivity index (χ0v) is 18.0. The lowest BCUT2D eigenvalue weighted by atomic mass is 9.90. The van der Waals surface area contributed by atoms with E-state index in [1.54, 1.807) is 6.20 Å². The van der Waals surface area contributed by atoms with Crippen LogP contribution >= 0.6 is 0 Å². The summed E-state index contributed by atoms with van der Waals surface area (Å²) in [7, 11) is 0. The number of ketones is 1. The Hall–Kier alpha value is -3.39. The number of piperidine rings is 1. The molecule has 8 heteroatoms. The Balaban J connectivity index is 1.42. The molecular weight excluding hydrogens is 402 g/mol. The van der Waals surface area contributed by atoms with Crippen LogP contribution in [-0.4, -0.2) is 44.3 Å². The van der Waals surface area contributed by atoms with E-state index in [0.29, 0.717) is 23.8 Å². The molecule has 2 aromatic heterocycles. The Labute approximate surface area is 187 Å². The number of aromatic nitrogens is 4. The highest BCUT2D eigenvalue weighted by atomic mass is 16.1. The van der Waals surface area contributed by atoms with E-state index in [2.05, 4.69) is 60.4 Å². The summed E-state index contributed by atoms with van der Waals surface area (Å²) in [6.45, 7) is 1.60. The Bertz CT molecular complexity index is 1090. The normalized spacial score (nSPS) is 21.3. The van der Waals surface area contributed by atoms with E-state index in [9.17, 15) is 4.79 Å². The van der Waals surface area contributed by atoms with Gasteiger partial charge in [0.05, 0.1) is 0 Å². The molecule has 3 aliphatic rings. The number of hydrogen-bond acceptors (Lipinski definition) is 8. The number of nitrogens with one attached hydrogen (secondary N) is 2. The summed E-state index contributed by atoms with van der Waals surface area (Å²) in [6, 6.07) is 14.5. The fourth-order valence-electron chi connectivity index (χ4n) is 4.48. The van der Waals surface area contributed by atoms with Crippen LogP contribution < -0.4 is 10.7 Å². The monoisotopic (exact) mass is 429 g/mol. The fraction of sp³-hybridized carbons (Fsp3) is 0.375. The lowest BCUT2D eigenvalue weighted by molar-refractivity contribution is -0.124. The molecule has 0 unspecified atom stereocenters. The molecule has 0 amide bonds. The number of Topliss-reactive ketones (excluding diaryl/α,β-unsaturated/α-hetero) is 1. The maximum atomic E-state index is 12.7. The van der Waals surface area contributed by atoms with Gasteiger partial charge in [-0.2, -0.15) is 0 Å². The summed E-state index contributed by atoms with van der Waals surface area (Å²) >= 11 is 0. The molecule has 0 radical (unpaired) electrons. The number of benzene rings is 1. The number of hydrazine groups is 1. The van der Waals surface area contributed by atoms with Crippen molar-refractivity contribution >= 4 is 23.2 Å². The summed E-state index contributed by atoms with van der Waals surface area (Å²) in [5, 5.41) is 17.4. The molecule has 0 spiro atoms. The minimum absolute atomic E-state index is 0.154. The quantitative estimate of drug-likeness (QED) is 0.560. The van der Waals surface area contributed by atoms with Crippen molar-refractivity contribution in [3.05, 3.63) is 65.4 Å². The number of rotatable bonds is 0. The van der Waals surface area contributed by atoms with Crippen LogP contribution in [0.1, 0.15) is 42.4 Å². The van der Waals surface area contributed by atoms with E-state index in [-0.39, 0.29) is 5.92 Å². The van der Waals surface area contributed by atoms with Gasteiger partial charge in [-0.3, -0.25) is 4.79 Å². The van der Waals surface area contributed by atoms with Crippen LogP contribution in [0.3, 0.4) is 0 Å². The van der Waals surface area contributed by atoms with Crippen LogP contribution in [0.25, 0.3) is 0 Å². The van der Waals surface area contributed by atoms with Crippen molar-refractivity contribution in [3.63, 3.8) is 0 Å². The van der Waals surface area contributed by atoms with Crippen molar-refractivity contribution in [2.75, 3.05) is 23.8 Å². The third kappa shape index (κ3) is 5.08. The molecule has 164 valence electrons. The second kappa shape index (κ2) is 9.40. The van der Waals surface area contributed by atoms with Gasteiger partial charge < -0.3 is 10.7 Å². The topological polar surface area (TPSA) is 95.9 Å². The lowest BCUT2D eigenvalue weighted by Crippen LogP contribution is -2.40. The number of hydrogen-bond donors (Lipinski definition) is 2. The predicted octanol–water partition coefficient (Wildman–Crippen LogP) is 3.55. The number of aryl methyl sites for hydroxylation is 1. The zero-order valence-electron chi connectivity index (χ0n) is 18.0. The number of fused-ring (bicyclic) bond motifs is 5. The highest BCUT2D eigenvalue weighted by Gasteiger charge is 2.24. The molecule has 6 rings (SSSR count). The number of anilines is 3. The van der Waals surface area contributed by atoms with Gasteiger partial charge in [-0.05, 0) is 66.1 Å². The third-order valence-corrected chi connectivity index (χ3v) is 6.17. The van der Waals surface area contributed by atoms with Gasteiger partial charge in [-0.1, -0.05) is 24.3 Å². The molecule has 1 saturated heterocycles. The number of pyridine rings is 1. The maximum absolute atomic E-state index is 12.7. The molecule has 3 aromatic rings. The van der Waals surface area contributed by atoms with Gasteiger partial charge in [0.2, 0.25) is 0 Å². The average molecular weight is 430 g/mol. The summed E-state index contributed by atoms with van der Waals surface area (Å²) < 4.78 is 0. The maximum Gasteiger partial charge on any atom is 0.168 e. The highest BCUT2D eigenvalue weighted by Crippen LogP contribution is 2.23. The van der Waals surface area contributed by atoms with Crippen molar-refractivity contribution in [3.8, 4) is 0 Å². The Kier molecular flexibility index (Phi) is 6.02. The largest absolute Gasteiger partial charge is 0.323 e. The van der Waals surface area contributed by atoms with Crippen LogP contribution in [0.2, 0.25) is 0 Å². The first-order chi connectivity index (χ1) is 15.7. The molecule has 0 atom stereocenters. The summed E-state index contributed by atoms with van der Waals surface area (Å²) in [5.41, 5.74) is 7.00. The Morgan fingerprint density at radius 2 is 1.69 bits per heavy atom. The minimum atomic E-state index is 0.154. The molecule has 1 aromatic carbocycles. The standard InChI is InChI=1S/C24H27N7O/c32-21-6-2-4-17-3-1-5-18(13-17)14-19-7-10-25-22(15-19)26-23-16-24(28-30-27-23)29-31-11-8-20(21)9-12-31/h1,3,5,7,10,13,15-16,20H,2,4,6,8-9,11-12,14H2,(H2,25,26,27,28,29). The number of carbonyl (C=O) groups is 1. The van der Waals surface area contributed by atoms with Crippen LogP contribution in [-0.2, 0) is 17.6 Å². The zero-order chi connectivity index (χ0) is 21.8. The fourth-order valence-corrected chi connectivity index (χ4v) is 4.48. The first kappa shape index (κ1) is 20.5. The van der Waals surface area contributed by atoms with Gasteiger partial charge >= 0.3 is 0 Å². The van der Waals surface area contributed by atoms with E-state index in [1.165, 1.54) is 11.1 Å². The van der Waals surface area contributed by atoms with Crippen LogP contribution in [0, 0.1) is 5.92 Å². The summed E-state index contributed by atoms with van der Waals surface area (Å²) in [6.07, 6.45) is 6.83. The van der Waals surface area contributed by atoms with E-state index >= 15 is 0 Å². The molecule has 8 nitrogen and oxygen atoms in total. The predicted molar refractivity (Wildman–Crippen MR) is 122 cm³/mol. The smallest absolute Gasteiger partial charge is 0.168 e. The molecular formula is C24H27N7O.